The fourth-order valence-corrected chi connectivity index (χ4v) is 4.74. The zero-order chi connectivity index (χ0) is 22.2. The van der Waals surface area contributed by atoms with Crippen molar-refractivity contribution in [3.05, 3.63) is 65.7 Å². The molecular weight excluding hydrogens is 402 g/mol. The topological polar surface area (TPSA) is 70.7 Å². The molecule has 0 saturated carbocycles. The average Bonchev–Trinajstić information content (AvgIpc) is 2.83. The minimum absolute atomic E-state index is 0.0911. The average molecular weight is 436 g/mol. The lowest BCUT2D eigenvalue weighted by Gasteiger charge is -2.38. The second-order valence-electron chi connectivity index (χ2n) is 8.82. The summed E-state index contributed by atoms with van der Waals surface area (Å²) in [4.78, 5) is 27.4. The highest BCUT2D eigenvalue weighted by Gasteiger charge is 2.32. The van der Waals surface area contributed by atoms with Crippen LogP contribution in [0.1, 0.15) is 36.8 Å². The number of hydrogen-bond donors (Lipinski definition) is 2. The van der Waals surface area contributed by atoms with Crippen LogP contribution in [0.4, 0.5) is 0 Å². The molecule has 2 atom stereocenters. The second-order valence-corrected chi connectivity index (χ2v) is 8.82. The number of fused-ring (bicyclic) bond motifs is 3. The lowest BCUT2D eigenvalue weighted by atomic mass is 9.80. The van der Waals surface area contributed by atoms with Gasteiger partial charge in [-0.15, -0.1) is 0 Å². The molecule has 2 amide bonds. The van der Waals surface area contributed by atoms with Crippen molar-refractivity contribution >= 4 is 11.8 Å². The van der Waals surface area contributed by atoms with Gasteiger partial charge in [0.15, 0.2) is 0 Å². The monoisotopic (exact) mass is 435 g/mol. The van der Waals surface area contributed by atoms with Gasteiger partial charge in [-0.05, 0) is 42.7 Å². The Balaban J connectivity index is 1.36. The van der Waals surface area contributed by atoms with E-state index in [2.05, 4.69) is 10.6 Å². The summed E-state index contributed by atoms with van der Waals surface area (Å²) in [6.07, 6.45) is 3.25. The normalized spacial score (nSPS) is 21.9. The molecule has 0 unspecified atom stereocenters. The Morgan fingerprint density at radius 1 is 1.06 bits per heavy atom. The first-order chi connectivity index (χ1) is 15.7. The molecule has 4 rings (SSSR count). The summed E-state index contributed by atoms with van der Waals surface area (Å²) < 4.78 is 6.05. The highest BCUT2D eigenvalue weighted by Crippen LogP contribution is 2.31. The molecule has 2 aliphatic rings. The van der Waals surface area contributed by atoms with Crippen molar-refractivity contribution in [2.45, 2.75) is 38.8 Å². The van der Waals surface area contributed by atoms with E-state index in [-0.39, 0.29) is 11.8 Å². The van der Waals surface area contributed by atoms with E-state index in [1.807, 2.05) is 59.5 Å². The van der Waals surface area contributed by atoms with Gasteiger partial charge in [0.2, 0.25) is 11.8 Å². The first-order valence-corrected chi connectivity index (χ1v) is 11.7. The van der Waals surface area contributed by atoms with Crippen LogP contribution in [0.3, 0.4) is 0 Å². The maximum absolute atomic E-state index is 12.8. The predicted molar refractivity (Wildman–Crippen MR) is 124 cm³/mol. The largest absolute Gasteiger partial charge is 0.493 e. The molecule has 0 radical (unpaired) electrons. The number of ether oxygens (including phenoxy) is 1. The number of nitrogens with zero attached hydrogens (tertiary/aromatic N) is 1. The van der Waals surface area contributed by atoms with Crippen molar-refractivity contribution in [1.82, 2.24) is 15.5 Å². The maximum atomic E-state index is 12.8. The zero-order valence-electron chi connectivity index (χ0n) is 18.6. The van der Waals surface area contributed by atoms with Crippen molar-refractivity contribution in [2.75, 3.05) is 26.2 Å². The number of carbonyl (C=O) groups excluding carboxylic acids is 2. The third-order valence-electron chi connectivity index (χ3n) is 6.57. The standard InChI is InChI=1S/C26H33N3O3/c30-25(28-16-20-7-2-1-3-8-20)15-21-12-13-29-19-23(21)10-6-14-32-24-11-5-4-9-22(24)17-27-18-26(29)31/h1-5,7-9,11,21,23,27H,6,10,12-19H2,(H,28,30)/t21-,23-/m0/s1. The predicted octanol–water partition coefficient (Wildman–Crippen LogP) is 3.12. The van der Waals surface area contributed by atoms with Crippen LogP contribution in [0.2, 0.25) is 0 Å². The summed E-state index contributed by atoms with van der Waals surface area (Å²) in [6, 6.07) is 18.0. The summed E-state index contributed by atoms with van der Waals surface area (Å²) in [6.45, 7) is 3.59. The van der Waals surface area contributed by atoms with E-state index >= 15 is 0 Å². The lowest BCUT2D eigenvalue weighted by Crippen LogP contribution is -2.47. The summed E-state index contributed by atoms with van der Waals surface area (Å²) in [5, 5.41) is 6.34. The van der Waals surface area contributed by atoms with Crippen molar-refractivity contribution in [2.24, 2.45) is 11.8 Å². The number of amides is 2. The van der Waals surface area contributed by atoms with E-state index in [4.69, 9.17) is 4.74 Å². The van der Waals surface area contributed by atoms with Crippen LogP contribution in [0.25, 0.3) is 0 Å². The molecule has 1 fully saturated rings. The van der Waals surface area contributed by atoms with Crippen molar-refractivity contribution in [3.63, 3.8) is 0 Å². The van der Waals surface area contributed by atoms with Gasteiger partial charge in [0.05, 0.1) is 13.2 Å². The molecular formula is C26H33N3O3. The number of hydrogen-bond acceptors (Lipinski definition) is 4. The summed E-state index contributed by atoms with van der Waals surface area (Å²) >= 11 is 0. The first-order valence-electron chi connectivity index (χ1n) is 11.7. The van der Waals surface area contributed by atoms with Gasteiger partial charge in [0.25, 0.3) is 0 Å². The smallest absolute Gasteiger partial charge is 0.236 e. The first kappa shape index (κ1) is 22.3. The van der Waals surface area contributed by atoms with Gasteiger partial charge in [-0.25, -0.2) is 0 Å². The molecule has 2 aliphatic heterocycles. The molecule has 2 N–H and O–H groups in total. The molecule has 2 aromatic carbocycles. The van der Waals surface area contributed by atoms with Crippen LogP contribution in [0.5, 0.6) is 5.75 Å². The molecule has 1 saturated heterocycles. The van der Waals surface area contributed by atoms with Crippen LogP contribution < -0.4 is 15.4 Å². The van der Waals surface area contributed by atoms with E-state index in [0.717, 1.165) is 49.2 Å². The molecule has 0 aliphatic carbocycles. The molecule has 6 heteroatoms. The highest BCUT2D eigenvalue weighted by atomic mass is 16.5. The molecule has 0 spiro atoms. The van der Waals surface area contributed by atoms with Gasteiger partial charge in [0, 0.05) is 38.2 Å². The van der Waals surface area contributed by atoms with Crippen LogP contribution in [0, 0.1) is 11.8 Å². The van der Waals surface area contributed by atoms with Crippen LogP contribution in [0.15, 0.2) is 54.6 Å². The molecule has 2 heterocycles. The highest BCUT2D eigenvalue weighted by molar-refractivity contribution is 5.78. The zero-order valence-corrected chi connectivity index (χ0v) is 18.6. The number of para-hydroxylation sites is 1. The number of rotatable bonds is 4. The van der Waals surface area contributed by atoms with Crippen molar-refractivity contribution in [3.8, 4) is 5.75 Å². The SMILES string of the molecule is O=C(C[C@@H]1CCN2C[C@@H]1CCCOc1ccccc1CNCC2=O)NCc1ccccc1. The summed E-state index contributed by atoms with van der Waals surface area (Å²) in [5.74, 6) is 1.72. The van der Waals surface area contributed by atoms with Crippen molar-refractivity contribution in [1.29, 1.82) is 0 Å². The van der Waals surface area contributed by atoms with Crippen LogP contribution >= 0.6 is 0 Å². The van der Waals surface area contributed by atoms with Gasteiger partial charge >= 0.3 is 0 Å². The van der Waals surface area contributed by atoms with Gasteiger partial charge in [-0.2, -0.15) is 0 Å². The molecule has 2 bridgehead atoms. The third kappa shape index (κ3) is 6.10. The Morgan fingerprint density at radius 2 is 1.88 bits per heavy atom. The van der Waals surface area contributed by atoms with E-state index in [1.165, 1.54) is 0 Å². The fourth-order valence-electron chi connectivity index (χ4n) is 4.74. The number of nitrogens with one attached hydrogen (secondary N) is 2. The molecule has 170 valence electrons. The number of piperidine rings is 1. The van der Waals surface area contributed by atoms with Crippen LogP contribution in [-0.2, 0) is 22.7 Å². The van der Waals surface area contributed by atoms with E-state index in [0.29, 0.717) is 44.5 Å². The van der Waals surface area contributed by atoms with E-state index < -0.39 is 0 Å². The van der Waals surface area contributed by atoms with Crippen LogP contribution in [-0.4, -0.2) is 43.0 Å². The maximum Gasteiger partial charge on any atom is 0.236 e. The molecule has 6 nitrogen and oxygen atoms in total. The lowest BCUT2D eigenvalue weighted by molar-refractivity contribution is -0.133. The number of carbonyl (C=O) groups is 2. The Kier molecular flexibility index (Phi) is 7.77. The van der Waals surface area contributed by atoms with Crippen molar-refractivity contribution < 1.29 is 14.3 Å². The number of benzene rings is 2. The molecule has 0 aromatic heterocycles. The molecule has 32 heavy (non-hydrogen) atoms. The minimum Gasteiger partial charge on any atom is -0.493 e. The van der Waals surface area contributed by atoms with E-state index in [1.54, 1.807) is 0 Å². The van der Waals surface area contributed by atoms with Gasteiger partial charge in [-0.3, -0.25) is 9.59 Å². The van der Waals surface area contributed by atoms with Gasteiger partial charge in [0.1, 0.15) is 5.75 Å². The Hall–Kier alpha value is -2.86. The van der Waals surface area contributed by atoms with E-state index in [9.17, 15) is 9.59 Å². The quantitative estimate of drug-likeness (QED) is 0.774. The molecule has 2 aromatic rings. The minimum atomic E-state index is 0.0911. The Morgan fingerprint density at radius 3 is 2.75 bits per heavy atom. The third-order valence-corrected chi connectivity index (χ3v) is 6.57. The van der Waals surface area contributed by atoms with Gasteiger partial charge < -0.3 is 20.3 Å². The van der Waals surface area contributed by atoms with Gasteiger partial charge in [-0.1, -0.05) is 48.5 Å². The fraction of sp³-hybridized carbons (Fsp3) is 0.462. The summed E-state index contributed by atoms with van der Waals surface area (Å²) in [7, 11) is 0. The Labute approximate surface area is 190 Å². The second kappa shape index (κ2) is 11.1. The Bertz CT molecular complexity index is 902. The summed E-state index contributed by atoms with van der Waals surface area (Å²) in [5.41, 5.74) is 2.18.